The molecule has 0 bridgehead atoms. The number of para-hydroxylation sites is 1. The van der Waals surface area contributed by atoms with E-state index in [-0.39, 0.29) is 12.2 Å². The standard InChI is InChI=1S/C13H16O3/c1-9(2)11-6-4-5-7-12(11)16-8-10(3)13(14)15/h4-7,9H,3,8H2,1-2H3,(H,14,15). The van der Waals surface area contributed by atoms with Crippen molar-refractivity contribution in [1.29, 1.82) is 0 Å². The van der Waals surface area contributed by atoms with E-state index in [1.165, 1.54) is 0 Å². The molecule has 0 unspecified atom stereocenters. The van der Waals surface area contributed by atoms with E-state index in [2.05, 4.69) is 20.4 Å². The van der Waals surface area contributed by atoms with Gasteiger partial charge in [-0.15, -0.1) is 0 Å². The maximum atomic E-state index is 10.6. The largest absolute Gasteiger partial charge is 0.488 e. The molecule has 0 heterocycles. The van der Waals surface area contributed by atoms with E-state index in [1.807, 2.05) is 24.3 Å². The topological polar surface area (TPSA) is 46.5 Å². The molecule has 0 aliphatic carbocycles. The van der Waals surface area contributed by atoms with Crippen LogP contribution in [-0.4, -0.2) is 17.7 Å². The zero-order valence-electron chi connectivity index (χ0n) is 9.56. The second kappa shape index (κ2) is 5.35. The third-order valence-electron chi connectivity index (χ3n) is 2.25. The first-order valence-electron chi connectivity index (χ1n) is 5.15. The van der Waals surface area contributed by atoms with Crippen LogP contribution in [0.15, 0.2) is 36.4 Å². The minimum Gasteiger partial charge on any atom is -0.488 e. The number of benzene rings is 1. The molecule has 1 aromatic rings. The van der Waals surface area contributed by atoms with Crippen LogP contribution in [0.5, 0.6) is 5.75 Å². The number of carboxylic acids is 1. The van der Waals surface area contributed by atoms with Gasteiger partial charge in [-0.25, -0.2) is 4.79 Å². The average molecular weight is 220 g/mol. The number of ether oxygens (including phenoxy) is 1. The fourth-order valence-corrected chi connectivity index (χ4v) is 1.32. The number of hydrogen-bond donors (Lipinski definition) is 1. The smallest absolute Gasteiger partial charge is 0.334 e. The van der Waals surface area contributed by atoms with Gasteiger partial charge in [-0.3, -0.25) is 0 Å². The van der Waals surface area contributed by atoms with Gasteiger partial charge < -0.3 is 9.84 Å². The first kappa shape index (κ1) is 12.3. The third kappa shape index (κ3) is 3.12. The molecule has 0 saturated carbocycles. The lowest BCUT2D eigenvalue weighted by Gasteiger charge is -2.13. The molecule has 0 amide bonds. The van der Waals surface area contributed by atoms with Gasteiger partial charge in [0.25, 0.3) is 0 Å². The van der Waals surface area contributed by atoms with E-state index >= 15 is 0 Å². The summed E-state index contributed by atoms with van der Waals surface area (Å²) in [7, 11) is 0. The molecule has 1 N–H and O–H groups in total. The Bertz CT molecular complexity index is 394. The second-order valence-electron chi connectivity index (χ2n) is 3.89. The maximum absolute atomic E-state index is 10.6. The molecule has 0 radical (unpaired) electrons. The van der Waals surface area contributed by atoms with Gasteiger partial charge in [-0.1, -0.05) is 38.6 Å². The average Bonchev–Trinajstić information content (AvgIpc) is 2.25. The molecular weight excluding hydrogens is 204 g/mol. The van der Waals surface area contributed by atoms with Gasteiger partial charge in [-0.2, -0.15) is 0 Å². The lowest BCUT2D eigenvalue weighted by molar-refractivity contribution is -0.133. The Labute approximate surface area is 95.4 Å². The Balaban J connectivity index is 2.74. The second-order valence-corrected chi connectivity index (χ2v) is 3.89. The molecule has 0 saturated heterocycles. The molecule has 0 aliphatic rings. The fraction of sp³-hybridized carbons (Fsp3) is 0.308. The summed E-state index contributed by atoms with van der Waals surface area (Å²) in [6.07, 6.45) is 0. The Morgan fingerprint density at radius 1 is 1.44 bits per heavy atom. The van der Waals surface area contributed by atoms with Crippen LogP contribution in [0.4, 0.5) is 0 Å². The quantitative estimate of drug-likeness (QED) is 0.776. The van der Waals surface area contributed by atoms with Crippen molar-refractivity contribution < 1.29 is 14.6 Å². The normalized spacial score (nSPS) is 10.2. The van der Waals surface area contributed by atoms with E-state index in [0.717, 1.165) is 11.3 Å². The zero-order chi connectivity index (χ0) is 12.1. The molecule has 1 aromatic carbocycles. The molecule has 3 nitrogen and oxygen atoms in total. The van der Waals surface area contributed by atoms with Crippen LogP contribution in [-0.2, 0) is 4.79 Å². The van der Waals surface area contributed by atoms with Gasteiger partial charge in [0.15, 0.2) is 0 Å². The molecular formula is C13H16O3. The van der Waals surface area contributed by atoms with Gasteiger partial charge in [-0.05, 0) is 17.5 Å². The van der Waals surface area contributed by atoms with Gasteiger partial charge in [0, 0.05) is 0 Å². The number of carboxylic acid groups (broad SMARTS) is 1. The lowest BCUT2D eigenvalue weighted by atomic mass is 10.0. The summed E-state index contributed by atoms with van der Waals surface area (Å²) in [5.41, 5.74) is 1.12. The summed E-state index contributed by atoms with van der Waals surface area (Å²) in [6, 6.07) is 7.62. The SMILES string of the molecule is C=C(COc1ccccc1C(C)C)C(=O)O. The highest BCUT2D eigenvalue weighted by Gasteiger charge is 2.09. The summed E-state index contributed by atoms with van der Waals surface area (Å²) < 4.78 is 5.44. The molecule has 0 aliphatic heterocycles. The molecule has 0 atom stereocenters. The highest BCUT2D eigenvalue weighted by Crippen LogP contribution is 2.25. The minimum atomic E-state index is -1.03. The maximum Gasteiger partial charge on any atom is 0.334 e. The molecule has 16 heavy (non-hydrogen) atoms. The van der Waals surface area contributed by atoms with Crippen molar-refractivity contribution in [1.82, 2.24) is 0 Å². The predicted octanol–water partition coefficient (Wildman–Crippen LogP) is 2.83. The molecule has 0 aromatic heterocycles. The molecule has 86 valence electrons. The summed E-state index contributed by atoms with van der Waals surface area (Å²) in [5, 5.41) is 8.66. The van der Waals surface area contributed by atoms with Crippen LogP contribution in [0.2, 0.25) is 0 Å². The van der Waals surface area contributed by atoms with Crippen molar-refractivity contribution in [3.05, 3.63) is 42.0 Å². The van der Waals surface area contributed by atoms with Crippen molar-refractivity contribution in [2.24, 2.45) is 0 Å². The van der Waals surface area contributed by atoms with Crippen molar-refractivity contribution in [2.75, 3.05) is 6.61 Å². The summed E-state index contributed by atoms with van der Waals surface area (Å²) >= 11 is 0. The van der Waals surface area contributed by atoms with Crippen molar-refractivity contribution in [3.63, 3.8) is 0 Å². The Morgan fingerprint density at radius 3 is 2.62 bits per heavy atom. The van der Waals surface area contributed by atoms with Crippen LogP contribution in [0, 0.1) is 0 Å². The van der Waals surface area contributed by atoms with E-state index in [9.17, 15) is 4.79 Å². The van der Waals surface area contributed by atoms with Gasteiger partial charge in [0.2, 0.25) is 0 Å². The number of hydrogen-bond acceptors (Lipinski definition) is 2. The van der Waals surface area contributed by atoms with Crippen LogP contribution in [0.1, 0.15) is 25.3 Å². The monoisotopic (exact) mass is 220 g/mol. The number of rotatable bonds is 5. The Hall–Kier alpha value is -1.77. The third-order valence-corrected chi connectivity index (χ3v) is 2.25. The minimum absolute atomic E-state index is 0.0130. The summed E-state index contributed by atoms with van der Waals surface area (Å²) in [6.45, 7) is 7.56. The van der Waals surface area contributed by atoms with Gasteiger partial charge in [0.1, 0.15) is 12.4 Å². The molecule has 0 fully saturated rings. The van der Waals surface area contributed by atoms with Crippen LogP contribution in [0.25, 0.3) is 0 Å². The highest BCUT2D eigenvalue weighted by molar-refractivity contribution is 5.86. The Kier molecular flexibility index (Phi) is 4.11. The highest BCUT2D eigenvalue weighted by atomic mass is 16.5. The Morgan fingerprint density at radius 2 is 2.06 bits per heavy atom. The van der Waals surface area contributed by atoms with Gasteiger partial charge >= 0.3 is 5.97 Å². The fourth-order valence-electron chi connectivity index (χ4n) is 1.32. The predicted molar refractivity (Wildman–Crippen MR) is 62.8 cm³/mol. The first-order valence-corrected chi connectivity index (χ1v) is 5.15. The van der Waals surface area contributed by atoms with E-state index < -0.39 is 5.97 Å². The summed E-state index contributed by atoms with van der Waals surface area (Å²) in [5.74, 6) is 0.0382. The van der Waals surface area contributed by atoms with Gasteiger partial charge in [0.05, 0.1) is 5.57 Å². The van der Waals surface area contributed by atoms with Crippen LogP contribution >= 0.6 is 0 Å². The van der Waals surface area contributed by atoms with Crippen molar-refractivity contribution in [3.8, 4) is 5.75 Å². The van der Waals surface area contributed by atoms with Crippen molar-refractivity contribution in [2.45, 2.75) is 19.8 Å². The van der Waals surface area contributed by atoms with Crippen LogP contribution in [0.3, 0.4) is 0 Å². The number of carbonyl (C=O) groups is 1. The van der Waals surface area contributed by atoms with E-state index in [0.29, 0.717) is 5.92 Å². The lowest BCUT2D eigenvalue weighted by Crippen LogP contribution is -2.10. The first-order chi connectivity index (χ1) is 7.52. The molecule has 1 rings (SSSR count). The summed E-state index contributed by atoms with van der Waals surface area (Å²) in [4.78, 5) is 10.6. The molecule has 0 spiro atoms. The van der Waals surface area contributed by atoms with E-state index in [4.69, 9.17) is 9.84 Å². The molecule has 3 heteroatoms. The van der Waals surface area contributed by atoms with Crippen LogP contribution < -0.4 is 4.74 Å². The van der Waals surface area contributed by atoms with E-state index in [1.54, 1.807) is 0 Å². The van der Waals surface area contributed by atoms with Crippen molar-refractivity contribution >= 4 is 5.97 Å². The number of aliphatic carboxylic acids is 1. The zero-order valence-corrected chi connectivity index (χ0v) is 9.56.